The van der Waals surface area contributed by atoms with Gasteiger partial charge >= 0.3 is 0 Å². The molecule has 2 unspecified atom stereocenters. The lowest BCUT2D eigenvalue weighted by molar-refractivity contribution is 0.280. The molecule has 0 radical (unpaired) electrons. The molecule has 0 aliphatic heterocycles. The van der Waals surface area contributed by atoms with Crippen molar-refractivity contribution < 1.29 is 23.0 Å². The van der Waals surface area contributed by atoms with E-state index in [4.69, 9.17) is 0 Å². The van der Waals surface area contributed by atoms with E-state index in [1.54, 1.807) is 13.0 Å². The highest BCUT2D eigenvalue weighted by Crippen LogP contribution is 2.30. The van der Waals surface area contributed by atoms with Crippen LogP contribution >= 0.6 is 0 Å². The maximum absolute atomic E-state index is 14.1. The molecule has 28 heavy (non-hydrogen) atoms. The number of hydrogen-bond acceptors (Lipinski definition) is 2. The lowest BCUT2D eigenvalue weighted by Gasteiger charge is -2.17. The summed E-state index contributed by atoms with van der Waals surface area (Å²) in [6, 6.07) is 4.37. The van der Waals surface area contributed by atoms with Gasteiger partial charge in [-0.05, 0) is 54.4 Å². The van der Waals surface area contributed by atoms with Crippen molar-refractivity contribution >= 4 is 0 Å². The average molecular weight is 396 g/mol. The monoisotopic (exact) mass is 396 g/mol. The summed E-state index contributed by atoms with van der Waals surface area (Å²) in [6.45, 7) is 16.8. The molecule has 0 aromatic heterocycles. The van der Waals surface area contributed by atoms with E-state index in [0.29, 0.717) is 18.8 Å². The molecule has 0 aliphatic carbocycles. The summed E-state index contributed by atoms with van der Waals surface area (Å²) in [5.41, 5.74) is 0.909. The second-order valence-corrected chi connectivity index (χ2v) is 6.69. The third-order valence-electron chi connectivity index (χ3n) is 4.59. The summed E-state index contributed by atoms with van der Waals surface area (Å²) < 4.78 is 45.7. The van der Waals surface area contributed by atoms with Crippen LogP contribution in [-0.2, 0) is 11.2 Å². The number of methoxy groups -OCH3 is 1. The molecule has 5 heteroatoms. The Morgan fingerprint density at radius 1 is 1.07 bits per heavy atom. The summed E-state index contributed by atoms with van der Waals surface area (Å²) in [5, 5.41) is 9.19. The minimum atomic E-state index is -1.12. The number of phenolic OH excluding ortho intramolecular Hbond substituents is 1. The fourth-order valence-electron chi connectivity index (χ4n) is 2.54. The van der Waals surface area contributed by atoms with Crippen LogP contribution in [0.5, 0.6) is 5.75 Å². The Labute approximate surface area is 166 Å². The molecule has 1 rings (SSSR count). The van der Waals surface area contributed by atoms with Gasteiger partial charge in [-0.15, -0.1) is 13.2 Å². The van der Waals surface area contributed by atoms with Crippen LogP contribution < -0.4 is 0 Å². The number of aromatic hydroxyl groups is 1. The van der Waals surface area contributed by atoms with Crippen molar-refractivity contribution in [2.45, 2.75) is 39.5 Å². The summed E-state index contributed by atoms with van der Waals surface area (Å²) in [6.07, 6.45) is 2.98. The molecular weight excluding hydrogens is 365 g/mol. The summed E-state index contributed by atoms with van der Waals surface area (Å²) >= 11 is 0. The fraction of sp³-hybridized carbons (Fsp3) is 0.391. The summed E-state index contributed by atoms with van der Waals surface area (Å²) in [4.78, 5) is 0. The highest BCUT2D eigenvalue weighted by Gasteiger charge is 2.19. The second kappa shape index (κ2) is 12.9. The van der Waals surface area contributed by atoms with Crippen LogP contribution in [0.1, 0.15) is 38.7 Å². The van der Waals surface area contributed by atoms with Crippen molar-refractivity contribution in [1.29, 1.82) is 0 Å². The van der Waals surface area contributed by atoms with Gasteiger partial charge in [0.15, 0.2) is 23.2 Å². The molecule has 1 aromatic carbocycles. The van der Waals surface area contributed by atoms with E-state index < -0.39 is 17.5 Å². The topological polar surface area (TPSA) is 29.5 Å². The SMILES string of the molecule is C=C.C=C(OC)/C(F)=C(/F)C(=C)C(C)CCC(C)CCc1ccc(O)c(F)c1. The van der Waals surface area contributed by atoms with Gasteiger partial charge in [0.05, 0.1) is 7.11 Å². The first-order chi connectivity index (χ1) is 13.2. The third-order valence-corrected chi connectivity index (χ3v) is 4.59. The minimum Gasteiger partial charge on any atom is -0.505 e. The van der Waals surface area contributed by atoms with Gasteiger partial charge < -0.3 is 9.84 Å². The molecule has 0 aliphatic rings. The van der Waals surface area contributed by atoms with Crippen LogP contribution in [0.15, 0.2) is 67.5 Å². The summed E-state index contributed by atoms with van der Waals surface area (Å²) in [7, 11) is 1.23. The van der Waals surface area contributed by atoms with Gasteiger partial charge in [0, 0.05) is 0 Å². The highest BCUT2D eigenvalue weighted by atomic mass is 19.2. The molecular formula is C23H31F3O2. The van der Waals surface area contributed by atoms with E-state index in [0.717, 1.165) is 18.4 Å². The molecule has 2 nitrogen and oxygen atoms in total. The van der Waals surface area contributed by atoms with Crippen molar-refractivity contribution in [3.05, 3.63) is 78.9 Å². The lowest BCUT2D eigenvalue weighted by Crippen LogP contribution is -2.05. The molecule has 0 bridgehead atoms. The van der Waals surface area contributed by atoms with E-state index in [1.165, 1.54) is 19.2 Å². The fourth-order valence-corrected chi connectivity index (χ4v) is 2.54. The number of hydrogen-bond donors (Lipinski definition) is 1. The van der Waals surface area contributed by atoms with Gasteiger partial charge in [-0.3, -0.25) is 0 Å². The van der Waals surface area contributed by atoms with Crippen LogP contribution in [-0.4, -0.2) is 12.2 Å². The first kappa shape index (κ1) is 25.6. The normalized spacial score (nSPS) is 13.5. The highest BCUT2D eigenvalue weighted by molar-refractivity contribution is 5.33. The van der Waals surface area contributed by atoms with Crippen molar-refractivity contribution in [3.63, 3.8) is 0 Å². The second-order valence-electron chi connectivity index (χ2n) is 6.69. The molecule has 0 spiro atoms. The van der Waals surface area contributed by atoms with Crippen LogP contribution in [0.3, 0.4) is 0 Å². The van der Waals surface area contributed by atoms with Gasteiger partial charge in [0.1, 0.15) is 5.76 Å². The maximum atomic E-state index is 14.1. The first-order valence-corrected chi connectivity index (χ1v) is 9.12. The van der Waals surface area contributed by atoms with Crippen LogP contribution in [0, 0.1) is 17.7 Å². The Kier molecular flexibility index (Phi) is 11.8. The Morgan fingerprint density at radius 2 is 1.68 bits per heavy atom. The minimum absolute atomic E-state index is 0.0912. The number of phenols is 1. The van der Waals surface area contributed by atoms with E-state index in [9.17, 15) is 18.3 Å². The molecule has 1 N–H and O–H groups in total. The molecule has 2 atom stereocenters. The number of benzene rings is 1. The quantitative estimate of drug-likeness (QED) is 0.258. The predicted octanol–water partition coefficient (Wildman–Crippen LogP) is 7.19. The van der Waals surface area contributed by atoms with Gasteiger partial charge in [-0.1, -0.05) is 39.5 Å². The Hall–Kier alpha value is -2.43. The zero-order chi connectivity index (χ0) is 21.9. The van der Waals surface area contributed by atoms with E-state index in [2.05, 4.69) is 38.0 Å². The number of halogens is 3. The average Bonchev–Trinajstić information content (AvgIpc) is 2.71. The van der Waals surface area contributed by atoms with Gasteiger partial charge in [-0.25, -0.2) is 8.78 Å². The number of rotatable bonds is 10. The zero-order valence-corrected chi connectivity index (χ0v) is 17.0. The predicted molar refractivity (Wildman–Crippen MR) is 110 cm³/mol. The van der Waals surface area contributed by atoms with E-state index in [1.807, 2.05) is 0 Å². The Bertz CT molecular complexity index is 695. The van der Waals surface area contributed by atoms with Crippen LogP contribution in [0.4, 0.5) is 13.2 Å². The Balaban J connectivity index is 0.00000352. The Morgan fingerprint density at radius 3 is 2.21 bits per heavy atom. The molecule has 1 aromatic rings. The van der Waals surface area contributed by atoms with E-state index in [-0.39, 0.29) is 23.0 Å². The van der Waals surface area contributed by atoms with E-state index >= 15 is 0 Å². The van der Waals surface area contributed by atoms with Crippen molar-refractivity contribution in [2.75, 3.05) is 7.11 Å². The van der Waals surface area contributed by atoms with Gasteiger partial charge in [0.2, 0.25) is 0 Å². The number of allylic oxidation sites excluding steroid dienone is 3. The van der Waals surface area contributed by atoms with Crippen molar-refractivity contribution in [1.82, 2.24) is 0 Å². The number of ether oxygens (including phenoxy) is 1. The largest absolute Gasteiger partial charge is 0.505 e. The van der Waals surface area contributed by atoms with Crippen molar-refractivity contribution in [2.24, 2.45) is 11.8 Å². The molecule has 0 fully saturated rings. The molecule has 156 valence electrons. The van der Waals surface area contributed by atoms with Gasteiger partial charge in [0.25, 0.3) is 0 Å². The molecule has 0 saturated heterocycles. The number of aryl methyl sites for hydroxylation is 1. The third kappa shape index (κ3) is 8.07. The molecule has 0 amide bonds. The van der Waals surface area contributed by atoms with Gasteiger partial charge in [-0.2, -0.15) is 4.39 Å². The first-order valence-electron chi connectivity index (χ1n) is 9.12. The standard InChI is InChI=1S/C21H27F3O2.C2H4/c1-13(7-9-17-10-11-19(25)18(22)12-17)6-8-14(2)15(3)20(23)21(24)16(4)26-5;1-2/h10-14,25H,3-4,6-9H2,1-2,5H3;1-2H2/b21-20-;. The molecule has 0 saturated carbocycles. The van der Waals surface area contributed by atoms with Crippen LogP contribution in [0.25, 0.3) is 0 Å². The smallest absolute Gasteiger partial charge is 0.200 e. The maximum Gasteiger partial charge on any atom is 0.200 e. The summed E-state index contributed by atoms with van der Waals surface area (Å²) in [5.74, 6) is -3.37. The molecule has 0 heterocycles. The van der Waals surface area contributed by atoms with Crippen molar-refractivity contribution in [3.8, 4) is 5.75 Å². The lowest BCUT2D eigenvalue weighted by atomic mass is 9.89. The van der Waals surface area contributed by atoms with Crippen LogP contribution in [0.2, 0.25) is 0 Å². The zero-order valence-electron chi connectivity index (χ0n) is 17.0.